The first-order chi connectivity index (χ1) is 9.36. The van der Waals surface area contributed by atoms with Gasteiger partial charge >= 0.3 is 5.97 Å². The fourth-order valence-corrected chi connectivity index (χ4v) is 3.59. The van der Waals surface area contributed by atoms with Crippen LogP contribution in [-0.2, 0) is 9.53 Å². The van der Waals surface area contributed by atoms with Crippen molar-refractivity contribution in [2.75, 3.05) is 26.7 Å². The third-order valence-electron chi connectivity index (χ3n) is 5.01. The zero-order chi connectivity index (χ0) is 14.8. The predicted molar refractivity (Wildman–Crippen MR) is 75.6 cm³/mol. The zero-order valence-electron chi connectivity index (χ0n) is 12.6. The lowest BCUT2D eigenvalue weighted by Crippen LogP contribution is -2.53. The minimum absolute atomic E-state index is 0.118. The minimum atomic E-state index is -0.725. The number of aliphatic hydroxyl groups is 1. The summed E-state index contributed by atoms with van der Waals surface area (Å²) < 4.78 is 5.58. The Morgan fingerprint density at radius 1 is 1.35 bits per heavy atom. The van der Waals surface area contributed by atoms with Crippen molar-refractivity contribution in [3.05, 3.63) is 0 Å². The fraction of sp³-hybridized carbons (Fsp3) is 0.933. The van der Waals surface area contributed by atoms with Gasteiger partial charge in [-0.15, -0.1) is 0 Å². The van der Waals surface area contributed by atoms with Gasteiger partial charge in [0.25, 0.3) is 0 Å². The van der Waals surface area contributed by atoms with Crippen molar-refractivity contribution in [2.24, 2.45) is 5.92 Å². The Bertz CT molecular complexity index is 352. The van der Waals surface area contributed by atoms with E-state index in [1.165, 1.54) is 0 Å². The molecule has 2 rings (SSSR count). The largest absolute Gasteiger partial charge is 0.481 e. The van der Waals surface area contributed by atoms with Crippen molar-refractivity contribution < 1.29 is 19.7 Å². The molecule has 20 heavy (non-hydrogen) atoms. The molecule has 2 aliphatic rings. The van der Waals surface area contributed by atoms with Crippen molar-refractivity contribution in [3.63, 3.8) is 0 Å². The number of piperidine rings is 1. The van der Waals surface area contributed by atoms with Gasteiger partial charge in [0.15, 0.2) is 0 Å². The summed E-state index contributed by atoms with van der Waals surface area (Å²) in [5.41, 5.74) is -0.842. The second-order valence-electron chi connectivity index (χ2n) is 6.81. The van der Waals surface area contributed by atoms with E-state index in [0.29, 0.717) is 32.2 Å². The van der Waals surface area contributed by atoms with E-state index in [-0.39, 0.29) is 11.5 Å². The molecule has 0 bridgehead atoms. The van der Waals surface area contributed by atoms with Crippen LogP contribution in [0.2, 0.25) is 0 Å². The van der Waals surface area contributed by atoms with Crippen LogP contribution < -0.4 is 0 Å². The second kappa shape index (κ2) is 6.00. The summed E-state index contributed by atoms with van der Waals surface area (Å²) in [4.78, 5) is 13.2. The number of carboxylic acid groups (broad SMARTS) is 1. The molecule has 116 valence electrons. The topological polar surface area (TPSA) is 70.0 Å². The molecule has 0 amide bonds. The molecule has 1 aliphatic heterocycles. The molecule has 1 saturated heterocycles. The third kappa shape index (κ3) is 3.71. The van der Waals surface area contributed by atoms with E-state index in [0.717, 1.165) is 25.9 Å². The Morgan fingerprint density at radius 3 is 2.55 bits per heavy atom. The predicted octanol–water partition coefficient (Wildman–Crippen LogP) is 1.49. The lowest BCUT2D eigenvalue weighted by molar-refractivity contribution is -0.145. The number of hydrogen-bond donors (Lipinski definition) is 2. The van der Waals surface area contributed by atoms with Crippen LogP contribution in [0.15, 0.2) is 0 Å². The molecule has 0 radical (unpaired) electrons. The standard InChI is InChI=1S/C15H27NO4/c1-14(20-2)6-3-9-16(10-14)11-15(19)7-4-12(5-8-15)13(17)18/h12,19H,3-11H2,1-2H3,(H,17,18). The van der Waals surface area contributed by atoms with Crippen molar-refractivity contribution in [2.45, 2.75) is 56.7 Å². The maximum atomic E-state index is 11.0. The van der Waals surface area contributed by atoms with Crippen molar-refractivity contribution in [1.29, 1.82) is 0 Å². The van der Waals surface area contributed by atoms with E-state index in [2.05, 4.69) is 11.8 Å². The van der Waals surface area contributed by atoms with E-state index < -0.39 is 11.6 Å². The molecule has 5 heteroatoms. The number of β-amino-alcohol motifs (C(OH)–C–C–N with tert-alkyl or cyclic N) is 1. The van der Waals surface area contributed by atoms with Gasteiger partial charge in [0, 0.05) is 20.2 Å². The summed E-state index contributed by atoms with van der Waals surface area (Å²) in [6.07, 6.45) is 4.48. The Hall–Kier alpha value is -0.650. The number of hydrogen-bond acceptors (Lipinski definition) is 4. The summed E-state index contributed by atoms with van der Waals surface area (Å²) in [6, 6.07) is 0. The van der Waals surface area contributed by atoms with Gasteiger partial charge in [-0.05, 0) is 52.0 Å². The average molecular weight is 285 g/mol. The van der Waals surface area contributed by atoms with Gasteiger partial charge in [0.05, 0.1) is 17.1 Å². The number of methoxy groups -OCH3 is 1. The highest BCUT2D eigenvalue weighted by atomic mass is 16.5. The molecule has 0 aromatic carbocycles. The first-order valence-electron chi connectivity index (χ1n) is 7.59. The van der Waals surface area contributed by atoms with E-state index in [9.17, 15) is 9.90 Å². The molecular weight excluding hydrogens is 258 g/mol. The van der Waals surface area contributed by atoms with Gasteiger partial charge in [-0.1, -0.05) is 0 Å². The van der Waals surface area contributed by atoms with Gasteiger partial charge in [-0.3, -0.25) is 9.69 Å². The lowest BCUT2D eigenvalue weighted by Gasteiger charge is -2.44. The maximum Gasteiger partial charge on any atom is 0.306 e. The summed E-state index contributed by atoms with van der Waals surface area (Å²) in [6.45, 7) is 4.58. The summed E-state index contributed by atoms with van der Waals surface area (Å²) >= 11 is 0. The monoisotopic (exact) mass is 285 g/mol. The van der Waals surface area contributed by atoms with Gasteiger partial charge in [0.1, 0.15) is 0 Å². The summed E-state index contributed by atoms with van der Waals surface area (Å²) in [5, 5.41) is 19.7. The van der Waals surface area contributed by atoms with Crippen LogP contribution in [0.25, 0.3) is 0 Å². The Labute approximate surface area is 120 Å². The summed E-state index contributed by atoms with van der Waals surface area (Å²) in [5.74, 6) is -1.00. The highest BCUT2D eigenvalue weighted by Gasteiger charge is 2.39. The Morgan fingerprint density at radius 2 is 2.00 bits per heavy atom. The van der Waals surface area contributed by atoms with Gasteiger partial charge in [-0.2, -0.15) is 0 Å². The van der Waals surface area contributed by atoms with Crippen LogP contribution in [0.1, 0.15) is 45.4 Å². The van der Waals surface area contributed by atoms with Crippen molar-refractivity contribution in [3.8, 4) is 0 Å². The smallest absolute Gasteiger partial charge is 0.306 e. The molecule has 2 N–H and O–H groups in total. The molecule has 0 spiro atoms. The Balaban J connectivity index is 1.88. The number of likely N-dealkylation sites (tertiary alicyclic amines) is 1. The van der Waals surface area contributed by atoms with Crippen LogP contribution in [0.3, 0.4) is 0 Å². The number of aliphatic carboxylic acids is 1. The zero-order valence-corrected chi connectivity index (χ0v) is 12.6. The van der Waals surface area contributed by atoms with Crippen LogP contribution in [0, 0.1) is 5.92 Å². The summed E-state index contributed by atoms with van der Waals surface area (Å²) in [7, 11) is 1.75. The normalized spacial score (nSPS) is 39.6. The number of carbonyl (C=O) groups is 1. The van der Waals surface area contributed by atoms with Crippen LogP contribution in [0.4, 0.5) is 0 Å². The first kappa shape index (κ1) is 15.7. The van der Waals surface area contributed by atoms with Crippen molar-refractivity contribution in [1.82, 2.24) is 4.90 Å². The third-order valence-corrected chi connectivity index (χ3v) is 5.01. The first-order valence-corrected chi connectivity index (χ1v) is 7.59. The molecule has 1 aliphatic carbocycles. The molecule has 1 saturated carbocycles. The molecule has 0 aromatic rings. The minimum Gasteiger partial charge on any atom is -0.481 e. The van der Waals surface area contributed by atoms with Gasteiger partial charge in [0.2, 0.25) is 0 Å². The average Bonchev–Trinajstić information content (AvgIpc) is 2.39. The molecular formula is C15H27NO4. The fourth-order valence-electron chi connectivity index (χ4n) is 3.59. The molecule has 0 aromatic heterocycles. The van der Waals surface area contributed by atoms with Crippen LogP contribution >= 0.6 is 0 Å². The maximum absolute atomic E-state index is 11.0. The lowest BCUT2D eigenvalue weighted by atomic mass is 9.78. The second-order valence-corrected chi connectivity index (χ2v) is 6.81. The number of nitrogens with zero attached hydrogens (tertiary/aromatic N) is 1. The molecule has 1 unspecified atom stereocenters. The Kier molecular flexibility index (Phi) is 4.72. The molecule has 5 nitrogen and oxygen atoms in total. The highest BCUT2D eigenvalue weighted by Crippen LogP contribution is 2.34. The number of rotatable bonds is 4. The molecule has 1 heterocycles. The van der Waals surface area contributed by atoms with Crippen LogP contribution in [-0.4, -0.2) is 59.0 Å². The van der Waals surface area contributed by atoms with Gasteiger partial charge < -0.3 is 14.9 Å². The van der Waals surface area contributed by atoms with E-state index >= 15 is 0 Å². The quantitative estimate of drug-likeness (QED) is 0.819. The highest BCUT2D eigenvalue weighted by molar-refractivity contribution is 5.70. The number of carboxylic acids is 1. The van der Waals surface area contributed by atoms with E-state index in [1.54, 1.807) is 7.11 Å². The van der Waals surface area contributed by atoms with Crippen molar-refractivity contribution >= 4 is 5.97 Å². The van der Waals surface area contributed by atoms with Gasteiger partial charge in [-0.25, -0.2) is 0 Å². The van der Waals surface area contributed by atoms with E-state index in [1.807, 2.05) is 0 Å². The SMILES string of the molecule is COC1(C)CCCN(CC2(O)CCC(C(=O)O)CC2)C1. The van der Waals surface area contributed by atoms with Crippen LogP contribution in [0.5, 0.6) is 0 Å². The molecule has 1 atom stereocenters. The van der Waals surface area contributed by atoms with E-state index in [4.69, 9.17) is 9.84 Å². The number of ether oxygens (including phenoxy) is 1. The molecule has 2 fully saturated rings.